The van der Waals surface area contributed by atoms with E-state index in [-0.39, 0.29) is 31.5 Å². The summed E-state index contributed by atoms with van der Waals surface area (Å²) in [7, 11) is 1.65. The molecule has 12 nitrogen and oxygen atoms in total. The zero-order valence-corrected chi connectivity index (χ0v) is 22.7. The largest absolute Gasteiger partial charge is 0.352 e. The molecule has 1 heterocycles. The monoisotopic (exact) mass is 551 g/mol. The molecule has 3 rings (SSSR count). The summed E-state index contributed by atoms with van der Waals surface area (Å²) in [5.74, 6) is -2.12. The number of likely N-dealkylation sites (N-methyl/N-ethyl adjacent to an activating group) is 1. The third-order valence-corrected chi connectivity index (χ3v) is 6.77. The van der Waals surface area contributed by atoms with Crippen LogP contribution < -0.4 is 27.4 Å². The predicted octanol–water partition coefficient (Wildman–Crippen LogP) is -0.354. The topological polar surface area (TPSA) is 180 Å². The molecule has 1 aliphatic rings. The van der Waals surface area contributed by atoms with E-state index in [4.69, 9.17) is 11.5 Å². The number of primary amides is 1. The summed E-state index contributed by atoms with van der Waals surface area (Å²) >= 11 is 0. The first-order valence-corrected chi connectivity index (χ1v) is 13.1. The third kappa shape index (κ3) is 8.27. The quantitative estimate of drug-likeness (QED) is 0.254. The highest BCUT2D eigenvalue weighted by Gasteiger charge is 2.42. The lowest BCUT2D eigenvalue weighted by molar-refractivity contribution is -0.142. The van der Waals surface area contributed by atoms with Gasteiger partial charge in [-0.15, -0.1) is 0 Å². The van der Waals surface area contributed by atoms with Crippen molar-refractivity contribution in [3.05, 3.63) is 71.8 Å². The Balaban J connectivity index is 1.75. The number of hydrogen-bond acceptors (Lipinski definition) is 6. The molecule has 0 radical (unpaired) electrons. The number of carbonyl (C=O) groups excluding carboxylic acids is 5. The molecule has 214 valence electrons. The zero-order chi connectivity index (χ0) is 29.2. The average molecular weight is 552 g/mol. The maximum Gasteiger partial charge on any atom is 0.312 e. The van der Waals surface area contributed by atoms with Gasteiger partial charge in [0.15, 0.2) is 0 Å². The average Bonchev–Trinajstić information content (AvgIpc) is 3.40. The van der Waals surface area contributed by atoms with E-state index >= 15 is 0 Å². The molecule has 0 saturated carbocycles. The fraction of sp³-hybridized carbons (Fsp3) is 0.393. The number of nitrogens with zero attached hydrogens (tertiary/aromatic N) is 2. The summed E-state index contributed by atoms with van der Waals surface area (Å²) < 4.78 is 0. The van der Waals surface area contributed by atoms with Crippen LogP contribution in [0.4, 0.5) is 4.79 Å². The molecule has 6 amide bonds. The van der Waals surface area contributed by atoms with Gasteiger partial charge in [-0.1, -0.05) is 60.7 Å². The van der Waals surface area contributed by atoms with Gasteiger partial charge in [0.25, 0.3) is 0 Å². The van der Waals surface area contributed by atoms with E-state index in [1.807, 2.05) is 60.7 Å². The fourth-order valence-electron chi connectivity index (χ4n) is 4.56. The van der Waals surface area contributed by atoms with Crippen molar-refractivity contribution in [2.75, 3.05) is 26.7 Å². The molecule has 0 aromatic heterocycles. The standard InChI is InChI=1S/C28H37N7O5/c1-18(29)25(37)33-22(14-32-28(30)40)27(39)35-17-21(20-11-7-4-8-12-20)13-23(35)26(38)31-15-24(36)34(2)16-19-9-5-3-6-10-19/h3-12,18,21-23H,13-17,29H2,1-2H3,(H,31,38)(H,33,37)(H3,30,32,40). The molecule has 40 heavy (non-hydrogen) atoms. The van der Waals surface area contributed by atoms with Crippen LogP contribution in [0.25, 0.3) is 0 Å². The van der Waals surface area contributed by atoms with Crippen molar-refractivity contribution in [2.24, 2.45) is 11.5 Å². The Morgan fingerprint density at radius 2 is 1.62 bits per heavy atom. The lowest BCUT2D eigenvalue weighted by Crippen LogP contribution is -2.59. The lowest BCUT2D eigenvalue weighted by Gasteiger charge is -2.29. The van der Waals surface area contributed by atoms with Crippen LogP contribution in [0.3, 0.4) is 0 Å². The van der Waals surface area contributed by atoms with Gasteiger partial charge < -0.3 is 37.2 Å². The van der Waals surface area contributed by atoms with Crippen molar-refractivity contribution >= 4 is 29.7 Å². The Morgan fingerprint density at radius 3 is 2.23 bits per heavy atom. The van der Waals surface area contributed by atoms with E-state index in [2.05, 4.69) is 16.0 Å². The van der Waals surface area contributed by atoms with Crippen molar-refractivity contribution in [3.8, 4) is 0 Å². The number of rotatable bonds is 11. The van der Waals surface area contributed by atoms with Crippen LogP contribution in [-0.2, 0) is 25.7 Å². The first-order chi connectivity index (χ1) is 19.1. The van der Waals surface area contributed by atoms with Crippen LogP contribution in [-0.4, -0.2) is 84.3 Å². The van der Waals surface area contributed by atoms with Gasteiger partial charge in [0.1, 0.15) is 12.1 Å². The van der Waals surface area contributed by atoms with E-state index < -0.39 is 41.9 Å². The SMILES string of the molecule is CC(N)C(=O)NC(CNC(N)=O)C(=O)N1CC(c2ccccc2)CC1C(=O)NCC(=O)N(C)Cc1ccccc1. The minimum Gasteiger partial charge on any atom is -0.352 e. The first-order valence-electron chi connectivity index (χ1n) is 13.1. The van der Waals surface area contributed by atoms with E-state index in [0.717, 1.165) is 11.1 Å². The molecule has 2 aromatic rings. The van der Waals surface area contributed by atoms with E-state index in [0.29, 0.717) is 13.0 Å². The number of benzene rings is 2. The summed E-state index contributed by atoms with van der Waals surface area (Å²) in [4.78, 5) is 66.3. The number of likely N-dealkylation sites (tertiary alicyclic amines) is 1. The number of urea groups is 1. The van der Waals surface area contributed by atoms with Crippen LogP contribution in [0, 0.1) is 0 Å². The van der Waals surface area contributed by atoms with Crippen molar-refractivity contribution in [3.63, 3.8) is 0 Å². The Labute approximate surface area is 233 Å². The third-order valence-electron chi connectivity index (χ3n) is 6.77. The summed E-state index contributed by atoms with van der Waals surface area (Å²) in [6, 6.07) is 15.0. The van der Waals surface area contributed by atoms with Crippen molar-refractivity contribution in [1.82, 2.24) is 25.8 Å². The second-order valence-electron chi connectivity index (χ2n) is 9.90. The highest BCUT2D eigenvalue weighted by molar-refractivity contribution is 5.95. The highest BCUT2D eigenvalue weighted by Crippen LogP contribution is 2.32. The van der Waals surface area contributed by atoms with Crippen LogP contribution in [0.15, 0.2) is 60.7 Å². The first kappa shape index (κ1) is 30.1. The highest BCUT2D eigenvalue weighted by atomic mass is 16.2. The van der Waals surface area contributed by atoms with Crippen molar-refractivity contribution in [1.29, 1.82) is 0 Å². The Hall–Kier alpha value is -4.45. The lowest BCUT2D eigenvalue weighted by atomic mass is 9.96. The fourth-order valence-corrected chi connectivity index (χ4v) is 4.56. The molecule has 0 aliphatic carbocycles. The molecule has 2 aromatic carbocycles. The van der Waals surface area contributed by atoms with Crippen molar-refractivity contribution in [2.45, 2.75) is 43.9 Å². The Bertz CT molecular complexity index is 1190. The van der Waals surface area contributed by atoms with Gasteiger partial charge >= 0.3 is 6.03 Å². The molecule has 1 saturated heterocycles. The number of amides is 6. The maximum absolute atomic E-state index is 13.7. The number of nitrogens with one attached hydrogen (secondary N) is 3. The van der Waals surface area contributed by atoms with E-state index in [9.17, 15) is 24.0 Å². The summed E-state index contributed by atoms with van der Waals surface area (Å²) in [5, 5.41) is 7.55. The zero-order valence-electron chi connectivity index (χ0n) is 22.7. The second kappa shape index (κ2) is 14.1. The van der Waals surface area contributed by atoms with Gasteiger partial charge in [0.2, 0.25) is 23.6 Å². The summed E-state index contributed by atoms with van der Waals surface area (Å²) in [6.45, 7) is 1.51. The molecule has 0 bridgehead atoms. The smallest absolute Gasteiger partial charge is 0.312 e. The molecule has 4 atom stereocenters. The normalized spacial score (nSPS) is 17.8. The van der Waals surface area contributed by atoms with E-state index in [1.165, 1.54) is 16.7 Å². The summed E-state index contributed by atoms with van der Waals surface area (Å²) in [6.07, 6.45) is 0.312. The Morgan fingerprint density at radius 1 is 1.00 bits per heavy atom. The molecule has 12 heteroatoms. The number of nitrogens with two attached hydrogens (primary N) is 2. The molecule has 1 aliphatic heterocycles. The summed E-state index contributed by atoms with van der Waals surface area (Å²) in [5.41, 5.74) is 12.7. The van der Waals surface area contributed by atoms with Gasteiger partial charge in [-0.05, 0) is 24.5 Å². The maximum atomic E-state index is 13.7. The molecular formula is C28H37N7O5. The predicted molar refractivity (Wildman–Crippen MR) is 148 cm³/mol. The Kier molecular flexibility index (Phi) is 10.6. The minimum atomic E-state index is -1.20. The number of hydrogen-bond donors (Lipinski definition) is 5. The van der Waals surface area contributed by atoms with Crippen LogP contribution >= 0.6 is 0 Å². The van der Waals surface area contributed by atoms with Gasteiger partial charge in [-0.25, -0.2) is 4.79 Å². The molecule has 1 fully saturated rings. The number of carbonyl (C=O) groups is 5. The van der Waals surface area contributed by atoms with Crippen LogP contribution in [0.1, 0.15) is 30.4 Å². The molecule has 4 unspecified atom stereocenters. The van der Waals surface area contributed by atoms with Gasteiger partial charge in [0.05, 0.1) is 12.6 Å². The van der Waals surface area contributed by atoms with Crippen LogP contribution in [0.2, 0.25) is 0 Å². The van der Waals surface area contributed by atoms with Gasteiger partial charge in [-0.3, -0.25) is 19.2 Å². The van der Waals surface area contributed by atoms with Crippen molar-refractivity contribution < 1.29 is 24.0 Å². The molecule has 0 spiro atoms. The molecular weight excluding hydrogens is 514 g/mol. The van der Waals surface area contributed by atoms with E-state index in [1.54, 1.807) is 7.05 Å². The van der Waals surface area contributed by atoms with Gasteiger partial charge in [-0.2, -0.15) is 0 Å². The van der Waals surface area contributed by atoms with Crippen LogP contribution in [0.5, 0.6) is 0 Å². The van der Waals surface area contributed by atoms with Gasteiger partial charge in [0, 0.05) is 32.6 Å². The minimum absolute atomic E-state index is 0.161. The molecule has 7 N–H and O–H groups in total. The second-order valence-corrected chi connectivity index (χ2v) is 9.90.